The van der Waals surface area contributed by atoms with Gasteiger partial charge in [-0.2, -0.15) is 5.10 Å². The van der Waals surface area contributed by atoms with Crippen LogP contribution in [0.1, 0.15) is 21.7 Å². The third-order valence-electron chi connectivity index (χ3n) is 3.60. The number of nitrogens with one attached hydrogen (secondary N) is 2. The van der Waals surface area contributed by atoms with Gasteiger partial charge in [-0.3, -0.25) is 25.8 Å². The molecule has 3 rings (SSSR count). The molecule has 0 fully saturated rings. The summed E-state index contributed by atoms with van der Waals surface area (Å²) in [6.45, 7) is 3.48. The van der Waals surface area contributed by atoms with Crippen molar-refractivity contribution >= 4 is 17.4 Å². The van der Waals surface area contributed by atoms with Crippen molar-refractivity contribution in [2.75, 3.05) is 5.43 Å². The molecule has 3 aromatic rings. The zero-order chi connectivity index (χ0) is 19.6. The van der Waals surface area contributed by atoms with Gasteiger partial charge in [-0.05, 0) is 44.2 Å². The fraction of sp³-hybridized carbons (Fsp3) is 0.125. The number of aryl methyl sites for hydroxylation is 2. The molecule has 10 nitrogen and oxygen atoms in total. The summed E-state index contributed by atoms with van der Waals surface area (Å²) < 4.78 is 14.3. The molecule has 0 atom stereocenters. The summed E-state index contributed by atoms with van der Waals surface area (Å²) in [7, 11) is 0. The van der Waals surface area contributed by atoms with Crippen LogP contribution in [0.4, 0.5) is 15.9 Å². The lowest BCUT2D eigenvalue weighted by atomic mass is 10.2. The number of hydrogen-bond donors (Lipinski definition) is 2. The zero-order valence-electron chi connectivity index (χ0n) is 14.3. The highest BCUT2D eigenvalue weighted by molar-refractivity contribution is 5.95. The molecule has 11 heteroatoms. The topological polar surface area (TPSA) is 128 Å². The second-order valence-corrected chi connectivity index (χ2v) is 5.58. The molecule has 0 aliphatic rings. The molecule has 0 saturated carbocycles. The van der Waals surface area contributed by atoms with E-state index in [2.05, 4.69) is 25.9 Å². The van der Waals surface area contributed by atoms with Gasteiger partial charge in [-0.15, -0.1) is 0 Å². The van der Waals surface area contributed by atoms with Gasteiger partial charge in [0.25, 0.3) is 5.91 Å². The van der Waals surface area contributed by atoms with E-state index in [0.717, 1.165) is 18.5 Å². The summed E-state index contributed by atoms with van der Waals surface area (Å²) in [5.74, 6) is -1.36. The zero-order valence-corrected chi connectivity index (χ0v) is 14.3. The standard InChI is InChI=1S/C16H14FN7O3/c1-9-7-10(2)23(22-9)15-13(24(26)27)14(18-8-19-15)20-21-16(25)11-3-5-12(17)6-4-11/h3-8H,1-2H3,(H,21,25)(H,18,19,20). The second kappa shape index (κ2) is 7.15. The van der Waals surface area contributed by atoms with E-state index in [0.29, 0.717) is 11.4 Å². The summed E-state index contributed by atoms with van der Waals surface area (Å²) >= 11 is 0. The molecular formula is C16H14FN7O3. The second-order valence-electron chi connectivity index (χ2n) is 5.58. The van der Waals surface area contributed by atoms with E-state index in [-0.39, 0.29) is 17.2 Å². The molecule has 2 aromatic heterocycles. The molecular weight excluding hydrogens is 357 g/mol. The number of aromatic nitrogens is 4. The van der Waals surface area contributed by atoms with E-state index in [1.54, 1.807) is 19.9 Å². The quantitative estimate of drug-likeness (QED) is 0.519. The highest BCUT2D eigenvalue weighted by atomic mass is 19.1. The van der Waals surface area contributed by atoms with Crippen LogP contribution in [-0.4, -0.2) is 30.6 Å². The predicted molar refractivity (Wildman–Crippen MR) is 92.8 cm³/mol. The lowest BCUT2D eigenvalue weighted by molar-refractivity contribution is -0.384. The molecule has 0 aliphatic heterocycles. The van der Waals surface area contributed by atoms with Gasteiger partial charge in [0.2, 0.25) is 11.6 Å². The van der Waals surface area contributed by atoms with E-state index < -0.39 is 22.3 Å². The van der Waals surface area contributed by atoms with E-state index >= 15 is 0 Å². The average molecular weight is 371 g/mol. The molecule has 2 heterocycles. The number of anilines is 1. The van der Waals surface area contributed by atoms with Crippen LogP contribution in [0, 0.1) is 29.8 Å². The average Bonchev–Trinajstić information content (AvgIpc) is 2.97. The van der Waals surface area contributed by atoms with Gasteiger partial charge < -0.3 is 0 Å². The Morgan fingerprint density at radius 3 is 2.52 bits per heavy atom. The van der Waals surface area contributed by atoms with Gasteiger partial charge in [0.15, 0.2) is 0 Å². The van der Waals surface area contributed by atoms with Crippen LogP contribution in [0.15, 0.2) is 36.7 Å². The molecule has 1 aromatic carbocycles. The SMILES string of the molecule is Cc1cc(C)n(-c2ncnc(NNC(=O)c3ccc(F)cc3)c2[N+](=O)[O-])n1. The number of nitrogens with zero attached hydrogens (tertiary/aromatic N) is 5. The van der Waals surface area contributed by atoms with Crippen LogP contribution in [0.25, 0.3) is 5.82 Å². The Hall–Kier alpha value is -3.89. The number of carbonyl (C=O) groups excluding carboxylic acids is 1. The maximum atomic E-state index is 12.9. The van der Waals surface area contributed by atoms with Crippen molar-refractivity contribution < 1.29 is 14.1 Å². The molecule has 0 unspecified atom stereocenters. The van der Waals surface area contributed by atoms with Crippen LogP contribution in [0.2, 0.25) is 0 Å². The Balaban J connectivity index is 1.90. The predicted octanol–water partition coefficient (Wildman–Crippen LogP) is 2.08. The fourth-order valence-corrected chi connectivity index (χ4v) is 2.42. The van der Waals surface area contributed by atoms with Gasteiger partial charge in [-0.1, -0.05) is 0 Å². The Bertz CT molecular complexity index is 1020. The maximum absolute atomic E-state index is 12.9. The van der Waals surface area contributed by atoms with Gasteiger partial charge in [-0.25, -0.2) is 19.0 Å². The van der Waals surface area contributed by atoms with Crippen LogP contribution in [0.5, 0.6) is 0 Å². The Morgan fingerprint density at radius 1 is 1.22 bits per heavy atom. The lowest BCUT2D eigenvalue weighted by Gasteiger charge is -2.10. The van der Waals surface area contributed by atoms with Crippen molar-refractivity contribution in [3.05, 3.63) is 69.5 Å². The van der Waals surface area contributed by atoms with Gasteiger partial charge >= 0.3 is 5.69 Å². The summed E-state index contributed by atoms with van der Waals surface area (Å²) in [6, 6.07) is 6.56. The Morgan fingerprint density at radius 2 is 1.93 bits per heavy atom. The van der Waals surface area contributed by atoms with Gasteiger partial charge in [0, 0.05) is 11.3 Å². The number of carbonyl (C=O) groups is 1. The first-order chi connectivity index (χ1) is 12.9. The molecule has 0 radical (unpaired) electrons. The number of hydrogen-bond acceptors (Lipinski definition) is 7. The first-order valence-corrected chi connectivity index (χ1v) is 7.72. The molecule has 0 saturated heterocycles. The van der Waals surface area contributed by atoms with Gasteiger partial charge in [0.1, 0.15) is 12.1 Å². The molecule has 0 aliphatic carbocycles. The summed E-state index contributed by atoms with van der Waals surface area (Å²) in [4.78, 5) is 30.8. The monoisotopic (exact) mass is 371 g/mol. The van der Waals surface area contributed by atoms with Crippen molar-refractivity contribution in [3.8, 4) is 5.82 Å². The summed E-state index contributed by atoms with van der Waals surface area (Å²) in [5, 5.41) is 15.8. The first kappa shape index (κ1) is 17.9. The van der Waals surface area contributed by atoms with E-state index in [9.17, 15) is 19.3 Å². The van der Waals surface area contributed by atoms with E-state index in [1.807, 2.05) is 0 Å². The summed E-state index contributed by atoms with van der Waals surface area (Å²) in [5.41, 5.74) is 5.73. The largest absolute Gasteiger partial charge is 0.357 e. The van der Waals surface area contributed by atoms with Crippen molar-refractivity contribution in [1.29, 1.82) is 0 Å². The lowest BCUT2D eigenvalue weighted by Crippen LogP contribution is -2.30. The van der Waals surface area contributed by atoms with Crippen molar-refractivity contribution in [3.63, 3.8) is 0 Å². The Kier molecular flexibility index (Phi) is 4.75. The number of rotatable bonds is 5. The number of hydrazine groups is 1. The van der Waals surface area contributed by atoms with Crippen molar-refractivity contribution in [2.24, 2.45) is 0 Å². The van der Waals surface area contributed by atoms with Crippen molar-refractivity contribution in [1.82, 2.24) is 25.2 Å². The number of halogens is 1. The maximum Gasteiger partial charge on any atom is 0.357 e. The molecule has 138 valence electrons. The minimum absolute atomic E-state index is 0.0425. The van der Waals surface area contributed by atoms with Crippen LogP contribution in [-0.2, 0) is 0 Å². The third kappa shape index (κ3) is 3.71. The van der Waals surface area contributed by atoms with Crippen LogP contribution in [0.3, 0.4) is 0 Å². The first-order valence-electron chi connectivity index (χ1n) is 7.72. The highest BCUT2D eigenvalue weighted by Gasteiger charge is 2.26. The Labute approximate surface area is 152 Å². The minimum Gasteiger partial charge on any atom is -0.276 e. The van der Waals surface area contributed by atoms with Gasteiger partial charge in [0.05, 0.1) is 10.6 Å². The van der Waals surface area contributed by atoms with Crippen LogP contribution >= 0.6 is 0 Å². The normalized spacial score (nSPS) is 10.5. The number of nitro groups is 1. The molecule has 0 bridgehead atoms. The number of benzene rings is 1. The molecule has 2 N–H and O–H groups in total. The smallest absolute Gasteiger partial charge is 0.276 e. The fourth-order valence-electron chi connectivity index (χ4n) is 2.42. The molecule has 1 amide bonds. The summed E-state index contributed by atoms with van der Waals surface area (Å²) in [6.07, 6.45) is 1.12. The highest BCUT2D eigenvalue weighted by Crippen LogP contribution is 2.27. The van der Waals surface area contributed by atoms with E-state index in [4.69, 9.17) is 0 Å². The molecule has 27 heavy (non-hydrogen) atoms. The number of amides is 1. The third-order valence-corrected chi connectivity index (χ3v) is 3.60. The van der Waals surface area contributed by atoms with Crippen molar-refractivity contribution in [2.45, 2.75) is 13.8 Å². The minimum atomic E-state index is -0.668. The van der Waals surface area contributed by atoms with E-state index in [1.165, 1.54) is 16.8 Å². The van der Waals surface area contributed by atoms with Crippen LogP contribution < -0.4 is 10.9 Å². The molecule has 0 spiro atoms.